The molecule has 0 aromatic heterocycles. The molecular weight excluding hydrogens is 691 g/mol. The van der Waals surface area contributed by atoms with Crippen molar-refractivity contribution in [2.75, 3.05) is 0 Å². The van der Waals surface area contributed by atoms with Gasteiger partial charge in [0.1, 0.15) is 11.9 Å². The second kappa shape index (κ2) is 13.4. The monoisotopic (exact) mass is 735 g/mol. The van der Waals surface area contributed by atoms with E-state index in [4.69, 9.17) is 4.74 Å². The molecule has 276 valence electrons. The first-order valence-electron chi connectivity index (χ1n) is 20.5. The van der Waals surface area contributed by atoms with E-state index in [-0.39, 0.29) is 23.5 Å². The van der Waals surface area contributed by atoms with Crippen molar-refractivity contribution in [2.24, 2.45) is 5.92 Å². The molecule has 6 aromatic carbocycles. The molecule has 2 nitrogen and oxygen atoms in total. The van der Waals surface area contributed by atoms with E-state index >= 15 is 0 Å². The highest BCUT2D eigenvalue weighted by atomic mass is 16.5. The van der Waals surface area contributed by atoms with Gasteiger partial charge in [-0.1, -0.05) is 178 Å². The van der Waals surface area contributed by atoms with Crippen molar-refractivity contribution in [3.63, 3.8) is 0 Å². The maximum atomic E-state index is 7.03. The van der Waals surface area contributed by atoms with Crippen LogP contribution in [0.4, 0.5) is 0 Å². The largest absolute Gasteiger partial charge is 0.485 e. The van der Waals surface area contributed by atoms with Crippen LogP contribution in [-0.4, -0.2) is 17.0 Å². The highest BCUT2D eigenvalue weighted by molar-refractivity contribution is 6.01. The van der Waals surface area contributed by atoms with Crippen molar-refractivity contribution >= 4 is 21.9 Å². The Morgan fingerprint density at radius 3 is 2.12 bits per heavy atom. The van der Waals surface area contributed by atoms with Gasteiger partial charge in [0.25, 0.3) is 0 Å². The third-order valence-electron chi connectivity index (χ3n) is 13.3. The molecule has 11 rings (SSSR count). The van der Waals surface area contributed by atoms with Crippen LogP contribution in [0.15, 0.2) is 200 Å². The smallest absolute Gasteiger partial charge is 0.130 e. The van der Waals surface area contributed by atoms with Gasteiger partial charge in [-0.05, 0) is 109 Å². The molecule has 1 heterocycles. The molecule has 0 radical (unpaired) electrons. The lowest BCUT2D eigenvalue weighted by molar-refractivity contribution is 0.258. The normalized spacial score (nSPS) is 22.3. The lowest BCUT2D eigenvalue weighted by Gasteiger charge is -2.42. The molecule has 2 heteroatoms. The van der Waals surface area contributed by atoms with E-state index in [0.29, 0.717) is 5.92 Å². The van der Waals surface area contributed by atoms with Gasteiger partial charge in [-0.2, -0.15) is 0 Å². The van der Waals surface area contributed by atoms with Crippen LogP contribution < -0.4 is 4.74 Å². The Labute approximate surface area is 336 Å². The van der Waals surface area contributed by atoms with E-state index in [0.717, 1.165) is 18.6 Å². The molecule has 0 saturated carbocycles. The molecule has 0 bridgehead atoms. The Morgan fingerprint density at radius 1 is 0.632 bits per heavy atom. The van der Waals surface area contributed by atoms with Crippen LogP contribution in [-0.2, 0) is 5.41 Å². The summed E-state index contributed by atoms with van der Waals surface area (Å²) in [5.74, 6) is 1.53. The summed E-state index contributed by atoms with van der Waals surface area (Å²) in [6.45, 7) is 4.88. The van der Waals surface area contributed by atoms with Crippen LogP contribution in [0.3, 0.4) is 0 Å². The van der Waals surface area contributed by atoms with E-state index in [1.54, 1.807) is 0 Å². The number of allylic oxidation sites excluding steroid dienone is 7. The number of fused-ring (bicyclic) bond motifs is 8. The number of rotatable bonds is 6. The minimum atomic E-state index is -0.101. The van der Waals surface area contributed by atoms with E-state index < -0.39 is 0 Å². The third kappa shape index (κ3) is 5.53. The molecule has 5 aliphatic rings. The number of ether oxygens (including phenoxy) is 1. The van der Waals surface area contributed by atoms with Crippen molar-refractivity contribution in [3.8, 4) is 28.0 Å². The summed E-state index contributed by atoms with van der Waals surface area (Å²) < 4.78 is 7.03. The highest BCUT2D eigenvalue weighted by Crippen LogP contribution is 2.55. The van der Waals surface area contributed by atoms with E-state index in [9.17, 15) is 0 Å². The van der Waals surface area contributed by atoms with Crippen molar-refractivity contribution in [2.45, 2.75) is 50.2 Å². The fraction of sp³-hybridized carbons (Fsp3) is 0.164. The summed E-state index contributed by atoms with van der Waals surface area (Å²) in [4.78, 5) is 2.67. The average molecular weight is 736 g/mol. The topological polar surface area (TPSA) is 12.5 Å². The summed E-state index contributed by atoms with van der Waals surface area (Å²) in [5.41, 5.74) is 15.7. The van der Waals surface area contributed by atoms with Gasteiger partial charge < -0.3 is 9.64 Å². The fourth-order valence-electron chi connectivity index (χ4n) is 10.4. The van der Waals surface area contributed by atoms with Crippen molar-refractivity contribution in [3.05, 3.63) is 222 Å². The summed E-state index contributed by atoms with van der Waals surface area (Å²) in [5, 5.41) is 2.55. The van der Waals surface area contributed by atoms with Gasteiger partial charge in [0.15, 0.2) is 0 Å². The lowest BCUT2D eigenvalue weighted by Crippen LogP contribution is -2.39. The number of benzene rings is 6. The summed E-state index contributed by atoms with van der Waals surface area (Å²) in [6, 6.07) is 50.9. The molecule has 4 atom stereocenters. The third-order valence-corrected chi connectivity index (χ3v) is 13.3. The Hall–Kier alpha value is -6.38. The molecule has 4 unspecified atom stereocenters. The maximum Gasteiger partial charge on any atom is 0.130 e. The first-order chi connectivity index (χ1) is 28.0. The maximum absolute atomic E-state index is 7.03. The van der Waals surface area contributed by atoms with Gasteiger partial charge in [-0.3, -0.25) is 0 Å². The van der Waals surface area contributed by atoms with Crippen molar-refractivity contribution < 1.29 is 4.74 Å². The SMILES string of the molecule is CC1(C)c2ccccc2C2=CC=C(N(C3=CC4Oc5cc(-c6ccccc6)c6ccccc6c5C4C=C3)C3CC=CC=C3c3ccc(-c4ccccc4)cc3)CC21. The standard InChI is InChI=1S/C55H45NO/c1-55(2)49-23-13-11-21-44(49)45-31-29-40(33-50(45)55)56(51-24-14-12-19-42(51)39-27-25-37(26-28-39)36-15-5-3-6-16-36)41-30-32-47-52(34-41)57-53-35-48(38-17-7-4-8-18-38)43-20-9-10-22-46(43)54(47)53/h3-23,25-32,34-35,47,50-52H,24,33H2,1-2H3. The molecule has 0 spiro atoms. The van der Waals surface area contributed by atoms with Crippen LogP contribution in [0.5, 0.6) is 5.75 Å². The molecule has 0 N–H and O–H groups in total. The zero-order valence-corrected chi connectivity index (χ0v) is 32.5. The Morgan fingerprint density at radius 2 is 1.32 bits per heavy atom. The number of nitrogens with zero attached hydrogens (tertiary/aromatic N) is 1. The highest BCUT2D eigenvalue weighted by Gasteiger charge is 2.45. The summed E-state index contributed by atoms with van der Waals surface area (Å²) >= 11 is 0. The first-order valence-corrected chi connectivity index (χ1v) is 20.5. The van der Waals surface area contributed by atoms with E-state index in [1.165, 1.54) is 77.8 Å². The van der Waals surface area contributed by atoms with Gasteiger partial charge in [0, 0.05) is 22.9 Å². The molecule has 6 aromatic rings. The second-order valence-corrected chi connectivity index (χ2v) is 16.7. The quantitative estimate of drug-likeness (QED) is 0.169. The molecule has 0 fully saturated rings. The number of hydrogen-bond acceptors (Lipinski definition) is 2. The van der Waals surface area contributed by atoms with Gasteiger partial charge in [-0.25, -0.2) is 0 Å². The molecule has 0 amide bonds. The van der Waals surface area contributed by atoms with Crippen LogP contribution in [0.1, 0.15) is 54.9 Å². The van der Waals surface area contributed by atoms with Crippen LogP contribution in [0, 0.1) is 5.92 Å². The molecule has 4 aliphatic carbocycles. The molecule has 1 aliphatic heterocycles. The van der Waals surface area contributed by atoms with Gasteiger partial charge >= 0.3 is 0 Å². The fourth-order valence-corrected chi connectivity index (χ4v) is 10.4. The van der Waals surface area contributed by atoms with E-state index in [2.05, 4.69) is 207 Å². The average Bonchev–Trinajstić information content (AvgIpc) is 3.75. The van der Waals surface area contributed by atoms with Crippen molar-refractivity contribution in [1.29, 1.82) is 0 Å². The summed E-state index contributed by atoms with van der Waals surface area (Å²) in [7, 11) is 0. The predicted octanol–water partition coefficient (Wildman–Crippen LogP) is 13.5. The predicted molar refractivity (Wildman–Crippen MR) is 237 cm³/mol. The van der Waals surface area contributed by atoms with Gasteiger partial charge in [-0.15, -0.1) is 0 Å². The van der Waals surface area contributed by atoms with Crippen LogP contribution in [0.2, 0.25) is 0 Å². The Balaban J connectivity index is 1.01. The van der Waals surface area contributed by atoms with Crippen molar-refractivity contribution in [1.82, 2.24) is 4.90 Å². The van der Waals surface area contributed by atoms with Gasteiger partial charge in [0.05, 0.1) is 6.04 Å². The van der Waals surface area contributed by atoms with Gasteiger partial charge in [0.2, 0.25) is 0 Å². The number of hydrogen-bond donors (Lipinski definition) is 0. The second-order valence-electron chi connectivity index (χ2n) is 16.7. The Bertz CT molecular complexity index is 2740. The Kier molecular flexibility index (Phi) is 7.96. The zero-order chi connectivity index (χ0) is 38.1. The van der Waals surface area contributed by atoms with Crippen LogP contribution >= 0.6 is 0 Å². The van der Waals surface area contributed by atoms with Crippen LogP contribution in [0.25, 0.3) is 44.2 Å². The summed E-state index contributed by atoms with van der Waals surface area (Å²) in [6.07, 6.45) is 20.8. The minimum absolute atomic E-state index is 0.0294. The minimum Gasteiger partial charge on any atom is -0.485 e. The molecule has 57 heavy (non-hydrogen) atoms. The van der Waals surface area contributed by atoms with E-state index in [1.807, 2.05) is 0 Å². The molecule has 0 saturated heterocycles. The molecular formula is C55H45NO. The lowest BCUT2D eigenvalue weighted by atomic mass is 9.73. The zero-order valence-electron chi connectivity index (χ0n) is 32.5. The first kappa shape index (κ1) is 33.9.